The summed E-state index contributed by atoms with van der Waals surface area (Å²) in [4.78, 5) is 37.4. The first-order valence-electron chi connectivity index (χ1n) is 9.59. The Morgan fingerprint density at radius 2 is 1.87 bits per heavy atom. The van der Waals surface area contributed by atoms with E-state index in [1.54, 1.807) is 0 Å². The standard InChI is InChI=1S/C20H31F2N3O5/c1-11-9-15(20(5,21)22)14(16(24-29)7-8-30-6)10-13(11)17(27)25(12(2)26)18(23)19(3,4)28/h16,18,28H,7-10,23H2,1-6H3. The van der Waals surface area contributed by atoms with Gasteiger partial charge < -0.3 is 15.6 Å². The van der Waals surface area contributed by atoms with Crippen LogP contribution >= 0.6 is 0 Å². The van der Waals surface area contributed by atoms with Crippen LogP contribution in [0.1, 0.15) is 53.9 Å². The normalized spacial score (nSPS) is 17.7. The third-order valence-electron chi connectivity index (χ3n) is 5.18. The van der Waals surface area contributed by atoms with E-state index in [-0.39, 0.29) is 42.6 Å². The third-order valence-corrected chi connectivity index (χ3v) is 5.18. The first kappa shape index (κ1) is 26.0. The molecule has 0 saturated carbocycles. The topological polar surface area (TPSA) is 122 Å². The molecule has 0 spiro atoms. The number of aliphatic hydroxyl groups is 1. The molecule has 0 bridgehead atoms. The van der Waals surface area contributed by atoms with Gasteiger partial charge in [0.25, 0.3) is 11.8 Å². The van der Waals surface area contributed by atoms with Gasteiger partial charge in [0.2, 0.25) is 5.91 Å². The van der Waals surface area contributed by atoms with E-state index in [0.29, 0.717) is 10.5 Å². The van der Waals surface area contributed by atoms with E-state index in [2.05, 4.69) is 5.18 Å². The van der Waals surface area contributed by atoms with E-state index in [9.17, 15) is 28.4 Å². The molecule has 1 rings (SSSR count). The summed E-state index contributed by atoms with van der Waals surface area (Å²) in [5, 5.41) is 13.2. The van der Waals surface area contributed by atoms with Gasteiger partial charge in [-0.3, -0.25) is 14.5 Å². The predicted molar refractivity (Wildman–Crippen MR) is 107 cm³/mol. The highest BCUT2D eigenvalue weighted by atomic mass is 19.3. The second-order valence-electron chi connectivity index (χ2n) is 8.20. The number of methoxy groups -OCH3 is 1. The van der Waals surface area contributed by atoms with Crippen LogP contribution in [-0.4, -0.2) is 59.3 Å². The van der Waals surface area contributed by atoms with E-state index in [1.165, 1.54) is 27.9 Å². The summed E-state index contributed by atoms with van der Waals surface area (Å²) in [5.74, 6) is -4.70. The minimum absolute atomic E-state index is 0.0452. The molecule has 0 aliphatic heterocycles. The minimum atomic E-state index is -3.22. The molecule has 2 unspecified atom stereocenters. The number of imide groups is 1. The molecule has 0 radical (unpaired) electrons. The minimum Gasteiger partial charge on any atom is -0.387 e. The molecular weight excluding hydrogens is 400 g/mol. The van der Waals surface area contributed by atoms with E-state index in [1.807, 2.05) is 0 Å². The van der Waals surface area contributed by atoms with Crippen LogP contribution in [0.2, 0.25) is 0 Å². The lowest BCUT2D eigenvalue weighted by Crippen LogP contribution is -2.59. The lowest BCUT2D eigenvalue weighted by molar-refractivity contribution is -0.150. The number of amides is 2. The lowest BCUT2D eigenvalue weighted by Gasteiger charge is -2.36. The second kappa shape index (κ2) is 9.84. The Morgan fingerprint density at radius 1 is 1.30 bits per heavy atom. The number of nitrogens with two attached hydrogens (primary N) is 1. The van der Waals surface area contributed by atoms with Gasteiger partial charge in [0, 0.05) is 51.6 Å². The fraction of sp³-hybridized carbons (Fsp3) is 0.700. The van der Waals surface area contributed by atoms with Crippen LogP contribution < -0.4 is 5.73 Å². The smallest absolute Gasteiger partial charge is 0.267 e. The van der Waals surface area contributed by atoms with Gasteiger partial charge in [-0.25, -0.2) is 8.78 Å². The van der Waals surface area contributed by atoms with Crippen molar-refractivity contribution < 1.29 is 28.2 Å². The molecule has 30 heavy (non-hydrogen) atoms. The second-order valence-corrected chi connectivity index (χ2v) is 8.20. The summed E-state index contributed by atoms with van der Waals surface area (Å²) >= 11 is 0. The van der Waals surface area contributed by atoms with Crippen LogP contribution in [0.3, 0.4) is 0 Å². The van der Waals surface area contributed by atoms with Gasteiger partial charge in [-0.15, -0.1) is 0 Å². The number of hydrogen-bond donors (Lipinski definition) is 2. The SMILES string of the molecule is COCCC(N=O)C1=C(C(C)(F)F)CC(C)=C(C(=O)N(C(C)=O)C(N)C(C)(C)O)C1. The number of alkyl halides is 2. The van der Waals surface area contributed by atoms with E-state index in [0.717, 1.165) is 13.8 Å². The van der Waals surface area contributed by atoms with E-state index in [4.69, 9.17) is 10.5 Å². The number of hydrogen-bond acceptors (Lipinski definition) is 7. The monoisotopic (exact) mass is 431 g/mol. The van der Waals surface area contributed by atoms with E-state index >= 15 is 0 Å². The maximum Gasteiger partial charge on any atom is 0.267 e. The van der Waals surface area contributed by atoms with Crippen LogP contribution in [0.15, 0.2) is 27.5 Å². The Balaban J connectivity index is 3.43. The first-order valence-corrected chi connectivity index (χ1v) is 9.59. The van der Waals surface area contributed by atoms with Gasteiger partial charge in [0.1, 0.15) is 12.2 Å². The van der Waals surface area contributed by atoms with Crippen LogP contribution in [0.25, 0.3) is 0 Å². The number of allylic oxidation sites excluding steroid dienone is 2. The number of carbonyl (C=O) groups excluding carboxylic acids is 2. The van der Waals surface area contributed by atoms with Gasteiger partial charge in [-0.2, -0.15) is 4.91 Å². The van der Waals surface area contributed by atoms with Crippen LogP contribution in [0, 0.1) is 4.91 Å². The molecule has 1 aliphatic rings. The van der Waals surface area contributed by atoms with Gasteiger partial charge in [0.05, 0.1) is 5.60 Å². The van der Waals surface area contributed by atoms with E-state index < -0.39 is 35.5 Å². The van der Waals surface area contributed by atoms with Crippen molar-refractivity contribution in [2.45, 2.75) is 77.6 Å². The van der Waals surface area contributed by atoms with Crippen molar-refractivity contribution in [3.05, 3.63) is 27.2 Å². The largest absolute Gasteiger partial charge is 0.387 e. The maximum atomic E-state index is 14.3. The molecule has 0 aromatic carbocycles. The number of carbonyl (C=O) groups is 2. The van der Waals surface area contributed by atoms with Gasteiger partial charge >= 0.3 is 0 Å². The molecule has 1 aliphatic carbocycles. The zero-order chi connectivity index (χ0) is 23.4. The summed E-state index contributed by atoms with van der Waals surface area (Å²) in [7, 11) is 1.41. The quantitative estimate of drug-likeness (QED) is 0.329. The van der Waals surface area contributed by atoms with Crippen molar-refractivity contribution in [1.29, 1.82) is 0 Å². The van der Waals surface area contributed by atoms with Crippen molar-refractivity contribution in [2.24, 2.45) is 10.9 Å². The number of nitroso groups, excluding NO2 is 1. The molecule has 0 aromatic rings. The van der Waals surface area contributed by atoms with Crippen LogP contribution in [0.4, 0.5) is 8.78 Å². The molecule has 8 nitrogen and oxygen atoms in total. The molecule has 2 atom stereocenters. The van der Waals surface area contributed by atoms with Crippen molar-refractivity contribution in [3.63, 3.8) is 0 Å². The Kier molecular flexibility index (Phi) is 8.53. The summed E-state index contributed by atoms with van der Waals surface area (Å²) in [6, 6.07) is -1.10. The fourth-order valence-corrected chi connectivity index (χ4v) is 3.39. The Hall–Kier alpha value is -2.04. The summed E-state index contributed by atoms with van der Waals surface area (Å²) in [6.45, 7) is 6.19. The summed E-state index contributed by atoms with van der Waals surface area (Å²) in [6.07, 6.45) is -1.79. The zero-order valence-electron chi connectivity index (χ0n) is 18.3. The van der Waals surface area contributed by atoms with Crippen molar-refractivity contribution in [3.8, 4) is 0 Å². The molecule has 0 aromatic heterocycles. The number of halogens is 2. The molecule has 0 fully saturated rings. The molecule has 10 heteroatoms. The van der Waals surface area contributed by atoms with Crippen molar-refractivity contribution in [1.82, 2.24) is 4.90 Å². The maximum absolute atomic E-state index is 14.3. The number of nitrogens with zero attached hydrogens (tertiary/aromatic N) is 2. The molecular formula is C20H31F2N3O5. The highest BCUT2D eigenvalue weighted by Crippen LogP contribution is 2.41. The van der Waals surface area contributed by atoms with Crippen LogP contribution in [0.5, 0.6) is 0 Å². The molecule has 0 heterocycles. The molecule has 3 N–H and O–H groups in total. The zero-order valence-corrected chi connectivity index (χ0v) is 18.3. The summed E-state index contributed by atoms with van der Waals surface area (Å²) in [5.41, 5.74) is 4.54. The molecule has 2 amide bonds. The van der Waals surface area contributed by atoms with Crippen LogP contribution in [-0.2, 0) is 14.3 Å². The fourth-order valence-electron chi connectivity index (χ4n) is 3.39. The number of rotatable bonds is 9. The first-order chi connectivity index (χ1) is 13.7. The Bertz CT molecular complexity index is 751. The average molecular weight is 431 g/mol. The predicted octanol–water partition coefficient (Wildman–Crippen LogP) is 2.65. The average Bonchev–Trinajstić information content (AvgIpc) is 2.60. The van der Waals surface area contributed by atoms with Crippen molar-refractivity contribution in [2.75, 3.05) is 13.7 Å². The van der Waals surface area contributed by atoms with Gasteiger partial charge in [-0.1, -0.05) is 10.7 Å². The Labute approximate surface area is 175 Å². The van der Waals surface area contributed by atoms with Gasteiger partial charge in [-0.05, 0) is 32.8 Å². The lowest BCUT2D eigenvalue weighted by atomic mass is 9.80. The summed E-state index contributed by atoms with van der Waals surface area (Å²) < 4.78 is 33.5. The highest BCUT2D eigenvalue weighted by Gasteiger charge is 2.41. The molecule has 0 saturated heterocycles. The molecule has 170 valence electrons. The number of ether oxygens (including phenoxy) is 1. The van der Waals surface area contributed by atoms with Crippen molar-refractivity contribution >= 4 is 11.8 Å². The highest BCUT2D eigenvalue weighted by molar-refractivity contribution is 6.05. The third kappa shape index (κ3) is 5.99. The van der Waals surface area contributed by atoms with Gasteiger partial charge in [0.15, 0.2) is 0 Å². The Morgan fingerprint density at radius 3 is 2.27 bits per heavy atom.